The number of carbonyl (C=O) groups is 1. The molecule has 142 valence electrons. The molecule has 0 saturated heterocycles. The van der Waals surface area contributed by atoms with Crippen LogP contribution < -0.4 is 5.32 Å². The Morgan fingerprint density at radius 2 is 1.85 bits per heavy atom. The van der Waals surface area contributed by atoms with Crippen LogP contribution in [0.1, 0.15) is 37.4 Å². The summed E-state index contributed by atoms with van der Waals surface area (Å²) in [6.07, 6.45) is 3.65. The second kappa shape index (κ2) is 9.38. The topological polar surface area (TPSA) is 54.1 Å². The van der Waals surface area contributed by atoms with Crippen LogP contribution >= 0.6 is 0 Å². The molecule has 0 radical (unpaired) electrons. The third-order valence-corrected chi connectivity index (χ3v) is 5.03. The molecule has 0 bridgehead atoms. The fourth-order valence-electron chi connectivity index (χ4n) is 3.41. The predicted octanol–water partition coefficient (Wildman–Crippen LogP) is 4.63. The molecule has 0 aliphatic carbocycles. The first kappa shape index (κ1) is 19.2. The number of hydrogen-bond acceptors (Lipinski definition) is 3. The summed E-state index contributed by atoms with van der Waals surface area (Å²) in [6, 6.07) is 18.7. The minimum absolute atomic E-state index is 0.120. The van der Waals surface area contributed by atoms with Crippen LogP contribution in [0, 0.1) is 5.92 Å². The predicted molar refractivity (Wildman–Crippen MR) is 110 cm³/mol. The number of ether oxygens (including phenoxy) is 1. The molecule has 1 aromatic heterocycles. The van der Waals surface area contributed by atoms with Crippen molar-refractivity contribution in [3.05, 3.63) is 71.9 Å². The van der Waals surface area contributed by atoms with Gasteiger partial charge in [-0.1, -0.05) is 48.5 Å². The monoisotopic (exact) mass is 364 g/mol. The van der Waals surface area contributed by atoms with Crippen LogP contribution in [0.25, 0.3) is 10.9 Å². The standard InChI is InChI=1S/C23H28N2O2/c1-3-27-23(26)20(16-24-17(2)18-9-5-4-6-10-18)14-13-19-15-25-22-12-8-7-11-21(19)22/h4-12,15,17,20,24-25H,3,13-14,16H2,1-2H3/t17-,20+/m1/s1. The van der Waals surface area contributed by atoms with E-state index >= 15 is 0 Å². The molecule has 0 unspecified atom stereocenters. The number of aryl methyl sites for hydroxylation is 1. The summed E-state index contributed by atoms with van der Waals surface area (Å²) >= 11 is 0. The highest BCUT2D eigenvalue weighted by Crippen LogP contribution is 2.21. The number of para-hydroxylation sites is 1. The summed E-state index contributed by atoms with van der Waals surface area (Å²) in [5.41, 5.74) is 3.60. The van der Waals surface area contributed by atoms with Gasteiger partial charge >= 0.3 is 5.97 Å². The number of aromatic nitrogens is 1. The summed E-state index contributed by atoms with van der Waals surface area (Å²) in [5.74, 6) is -0.283. The Labute approximate surface area is 160 Å². The molecular formula is C23H28N2O2. The van der Waals surface area contributed by atoms with Crippen molar-refractivity contribution in [2.45, 2.75) is 32.7 Å². The van der Waals surface area contributed by atoms with E-state index in [1.807, 2.05) is 43.5 Å². The number of carbonyl (C=O) groups excluding carboxylic acids is 1. The lowest BCUT2D eigenvalue weighted by Gasteiger charge is -2.20. The summed E-state index contributed by atoms with van der Waals surface area (Å²) in [5, 5.41) is 4.72. The molecule has 0 aliphatic heterocycles. The van der Waals surface area contributed by atoms with E-state index in [1.54, 1.807) is 0 Å². The molecule has 3 rings (SSSR count). The highest BCUT2D eigenvalue weighted by Gasteiger charge is 2.21. The molecule has 0 fully saturated rings. The molecule has 2 atom stereocenters. The number of fused-ring (bicyclic) bond motifs is 1. The van der Waals surface area contributed by atoms with E-state index in [1.165, 1.54) is 16.5 Å². The lowest BCUT2D eigenvalue weighted by Crippen LogP contribution is -2.32. The second-order valence-corrected chi connectivity index (χ2v) is 6.89. The van der Waals surface area contributed by atoms with Crippen molar-refractivity contribution in [1.29, 1.82) is 0 Å². The van der Waals surface area contributed by atoms with Gasteiger partial charge in [0.05, 0.1) is 12.5 Å². The van der Waals surface area contributed by atoms with Gasteiger partial charge in [-0.2, -0.15) is 0 Å². The maximum absolute atomic E-state index is 12.4. The Morgan fingerprint density at radius 1 is 1.11 bits per heavy atom. The number of aromatic amines is 1. The van der Waals surface area contributed by atoms with Crippen molar-refractivity contribution in [3.63, 3.8) is 0 Å². The highest BCUT2D eigenvalue weighted by molar-refractivity contribution is 5.83. The van der Waals surface area contributed by atoms with Crippen LogP contribution in [0.5, 0.6) is 0 Å². The molecule has 2 N–H and O–H groups in total. The molecule has 0 saturated carbocycles. The average Bonchev–Trinajstić information content (AvgIpc) is 3.12. The fourth-order valence-corrected chi connectivity index (χ4v) is 3.41. The molecule has 0 spiro atoms. The molecule has 0 amide bonds. The van der Waals surface area contributed by atoms with Crippen LogP contribution in [0.15, 0.2) is 60.8 Å². The third kappa shape index (κ3) is 4.98. The van der Waals surface area contributed by atoms with Crippen LogP contribution in [-0.4, -0.2) is 24.1 Å². The zero-order valence-corrected chi connectivity index (χ0v) is 16.1. The Balaban J connectivity index is 1.63. The quantitative estimate of drug-likeness (QED) is 0.544. The van der Waals surface area contributed by atoms with E-state index in [0.29, 0.717) is 13.2 Å². The van der Waals surface area contributed by atoms with Crippen molar-refractivity contribution < 1.29 is 9.53 Å². The first-order valence-corrected chi connectivity index (χ1v) is 9.69. The Kier molecular flexibility index (Phi) is 6.66. The molecule has 0 aliphatic rings. The zero-order chi connectivity index (χ0) is 19.1. The molecule has 4 heteroatoms. The molecule has 3 aromatic rings. The van der Waals surface area contributed by atoms with Gasteiger partial charge in [0, 0.05) is 29.7 Å². The van der Waals surface area contributed by atoms with Crippen LogP contribution in [0.2, 0.25) is 0 Å². The van der Waals surface area contributed by atoms with E-state index in [9.17, 15) is 4.79 Å². The lowest BCUT2D eigenvalue weighted by atomic mass is 9.98. The van der Waals surface area contributed by atoms with E-state index < -0.39 is 0 Å². The second-order valence-electron chi connectivity index (χ2n) is 6.89. The number of nitrogens with one attached hydrogen (secondary N) is 2. The van der Waals surface area contributed by atoms with Gasteiger partial charge in [-0.25, -0.2) is 0 Å². The van der Waals surface area contributed by atoms with Crippen LogP contribution in [0.3, 0.4) is 0 Å². The molecular weight excluding hydrogens is 336 g/mol. The lowest BCUT2D eigenvalue weighted by molar-refractivity contribution is -0.148. The Bertz CT molecular complexity index is 857. The smallest absolute Gasteiger partial charge is 0.310 e. The van der Waals surface area contributed by atoms with Gasteiger partial charge in [0.25, 0.3) is 0 Å². The van der Waals surface area contributed by atoms with Gasteiger partial charge < -0.3 is 15.0 Å². The van der Waals surface area contributed by atoms with Crippen molar-refractivity contribution in [1.82, 2.24) is 10.3 Å². The van der Waals surface area contributed by atoms with Gasteiger partial charge in [0.2, 0.25) is 0 Å². The van der Waals surface area contributed by atoms with Crippen molar-refractivity contribution >= 4 is 16.9 Å². The van der Waals surface area contributed by atoms with Crippen molar-refractivity contribution in [3.8, 4) is 0 Å². The highest BCUT2D eigenvalue weighted by atomic mass is 16.5. The SMILES string of the molecule is CCOC(=O)[C@@H](CCc1c[nH]c2ccccc12)CN[C@H](C)c1ccccc1. The van der Waals surface area contributed by atoms with Gasteiger partial charge in [-0.05, 0) is 43.9 Å². The van der Waals surface area contributed by atoms with E-state index in [2.05, 4.69) is 41.5 Å². The number of hydrogen-bond donors (Lipinski definition) is 2. The number of H-pyrrole nitrogens is 1. The Morgan fingerprint density at radius 3 is 2.63 bits per heavy atom. The van der Waals surface area contributed by atoms with E-state index in [4.69, 9.17) is 4.74 Å². The van der Waals surface area contributed by atoms with Crippen molar-refractivity contribution in [2.75, 3.05) is 13.2 Å². The van der Waals surface area contributed by atoms with Gasteiger partial charge in [0.15, 0.2) is 0 Å². The Hall–Kier alpha value is -2.59. The van der Waals surface area contributed by atoms with Crippen molar-refractivity contribution in [2.24, 2.45) is 5.92 Å². The first-order chi connectivity index (χ1) is 13.2. The largest absolute Gasteiger partial charge is 0.466 e. The summed E-state index contributed by atoms with van der Waals surface area (Å²) in [6.45, 7) is 5.00. The van der Waals surface area contributed by atoms with Gasteiger partial charge in [-0.3, -0.25) is 4.79 Å². The number of esters is 1. The normalized spacial score (nSPS) is 13.4. The number of rotatable bonds is 9. The molecule has 4 nitrogen and oxygen atoms in total. The minimum atomic E-state index is -0.162. The van der Waals surface area contributed by atoms with E-state index in [0.717, 1.165) is 18.4 Å². The first-order valence-electron chi connectivity index (χ1n) is 9.69. The third-order valence-electron chi connectivity index (χ3n) is 5.03. The zero-order valence-electron chi connectivity index (χ0n) is 16.1. The molecule has 1 heterocycles. The molecule has 2 aromatic carbocycles. The van der Waals surface area contributed by atoms with Crippen LogP contribution in [0.4, 0.5) is 0 Å². The minimum Gasteiger partial charge on any atom is -0.466 e. The average molecular weight is 364 g/mol. The maximum Gasteiger partial charge on any atom is 0.310 e. The number of benzene rings is 2. The summed E-state index contributed by atoms with van der Waals surface area (Å²) in [7, 11) is 0. The van der Waals surface area contributed by atoms with Crippen LogP contribution in [-0.2, 0) is 16.0 Å². The van der Waals surface area contributed by atoms with Gasteiger partial charge in [-0.15, -0.1) is 0 Å². The molecule has 27 heavy (non-hydrogen) atoms. The fraction of sp³-hybridized carbons (Fsp3) is 0.348. The van der Waals surface area contributed by atoms with Gasteiger partial charge in [0.1, 0.15) is 0 Å². The maximum atomic E-state index is 12.4. The summed E-state index contributed by atoms with van der Waals surface area (Å²) in [4.78, 5) is 15.8. The van der Waals surface area contributed by atoms with E-state index in [-0.39, 0.29) is 17.9 Å². The summed E-state index contributed by atoms with van der Waals surface area (Å²) < 4.78 is 5.31.